The Balaban J connectivity index is 2.10. The van der Waals surface area contributed by atoms with Gasteiger partial charge in [-0.05, 0) is 30.3 Å². The molecule has 2 aromatic rings. The molecule has 0 bridgehead atoms. The lowest BCUT2D eigenvalue weighted by molar-refractivity contribution is -0.137. The first-order chi connectivity index (χ1) is 12.2. The van der Waals surface area contributed by atoms with Gasteiger partial charge in [-0.3, -0.25) is 9.59 Å². The average molecular weight is 368 g/mol. The highest BCUT2D eigenvalue weighted by Gasteiger charge is 2.33. The van der Waals surface area contributed by atoms with E-state index in [0.717, 1.165) is 12.1 Å². The Morgan fingerprint density at radius 1 is 1.15 bits per heavy atom. The Hall–Kier alpha value is -3.23. The molecule has 0 spiro atoms. The van der Waals surface area contributed by atoms with Gasteiger partial charge < -0.3 is 20.5 Å². The van der Waals surface area contributed by atoms with Crippen LogP contribution in [0.3, 0.4) is 0 Å². The summed E-state index contributed by atoms with van der Waals surface area (Å²) in [5, 5.41) is 2.13. The van der Waals surface area contributed by atoms with E-state index in [1.54, 1.807) is 0 Å². The molecular weight excluding hydrogens is 353 g/mol. The number of hydrogen-bond acceptors (Lipinski definition) is 4. The van der Waals surface area contributed by atoms with E-state index < -0.39 is 35.8 Å². The van der Waals surface area contributed by atoms with E-state index in [0.29, 0.717) is 5.75 Å². The number of halogens is 3. The van der Waals surface area contributed by atoms with Crippen LogP contribution in [0.1, 0.15) is 15.9 Å². The first kappa shape index (κ1) is 19.1. The molecule has 0 saturated carbocycles. The molecule has 26 heavy (non-hydrogen) atoms. The van der Waals surface area contributed by atoms with E-state index in [4.69, 9.17) is 15.2 Å². The van der Waals surface area contributed by atoms with Gasteiger partial charge in [-0.15, -0.1) is 0 Å². The molecule has 0 aliphatic rings. The van der Waals surface area contributed by atoms with Crippen molar-refractivity contribution >= 4 is 17.5 Å². The standard InChI is InChI=1S/C17H15F3N2O4/c1-25-10-6-7-14(11(8-10)16(21)24)26-9-15(23)22-13-5-3-2-4-12(13)17(18,19)20/h2-8H,9H2,1H3,(H2,21,24)(H,22,23). The molecule has 0 saturated heterocycles. The minimum Gasteiger partial charge on any atom is -0.497 e. The van der Waals surface area contributed by atoms with Crippen LogP contribution >= 0.6 is 0 Å². The Labute approximate surface area is 146 Å². The third-order valence-corrected chi connectivity index (χ3v) is 3.32. The van der Waals surface area contributed by atoms with Gasteiger partial charge in [0.1, 0.15) is 11.5 Å². The number of carbonyl (C=O) groups is 2. The third-order valence-electron chi connectivity index (χ3n) is 3.32. The summed E-state index contributed by atoms with van der Waals surface area (Å²) in [5.41, 5.74) is 3.85. The number of benzene rings is 2. The molecule has 3 N–H and O–H groups in total. The van der Waals surface area contributed by atoms with E-state index in [1.165, 1.54) is 37.4 Å². The summed E-state index contributed by atoms with van der Waals surface area (Å²) in [4.78, 5) is 23.4. The minimum atomic E-state index is -4.61. The van der Waals surface area contributed by atoms with E-state index in [9.17, 15) is 22.8 Å². The first-order valence-corrected chi connectivity index (χ1v) is 7.29. The molecular formula is C17H15F3N2O4. The highest BCUT2D eigenvalue weighted by Crippen LogP contribution is 2.34. The molecule has 0 atom stereocenters. The lowest BCUT2D eigenvalue weighted by Crippen LogP contribution is -2.23. The first-order valence-electron chi connectivity index (χ1n) is 7.29. The normalized spacial score (nSPS) is 10.9. The number of alkyl halides is 3. The predicted molar refractivity (Wildman–Crippen MR) is 87.1 cm³/mol. The molecule has 0 heterocycles. The van der Waals surface area contributed by atoms with Gasteiger partial charge in [0.25, 0.3) is 11.8 Å². The summed E-state index contributed by atoms with van der Waals surface area (Å²) in [6.45, 7) is -0.612. The number of nitrogens with two attached hydrogens (primary N) is 1. The lowest BCUT2D eigenvalue weighted by atomic mass is 10.1. The number of rotatable bonds is 6. The van der Waals surface area contributed by atoms with Crippen LogP contribution in [0, 0.1) is 0 Å². The van der Waals surface area contributed by atoms with Crippen LogP contribution in [0.5, 0.6) is 11.5 Å². The van der Waals surface area contributed by atoms with Crippen LogP contribution in [0.25, 0.3) is 0 Å². The largest absolute Gasteiger partial charge is 0.497 e. The van der Waals surface area contributed by atoms with Crippen LogP contribution in [0.4, 0.5) is 18.9 Å². The molecule has 2 amide bonds. The molecule has 138 valence electrons. The number of amides is 2. The van der Waals surface area contributed by atoms with Crippen molar-refractivity contribution in [3.8, 4) is 11.5 Å². The fourth-order valence-corrected chi connectivity index (χ4v) is 2.12. The summed E-state index contributed by atoms with van der Waals surface area (Å²) in [6.07, 6.45) is -4.61. The van der Waals surface area contributed by atoms with Crippen LogP contribution in [0.2, 0.25) is 0 Å². The maximum atomic E-state index is 12.9. The van der Waals surface area contributed by atoms with Gasteiger partial charge in [-0.2, -0.15) is 13.2 Å². The van der Waals surface area contributed by atoms with Crippen molar-refractivity contribution in [2.45, 2.75) is 6.18 Å². The van der Waals surface area contributed by atoms with Crippen molar-refractivity contribution in [2.75, 3.05) is 19.0 Å². The molecule has 0 aliphatic carbocycles. The summed E-state index contributed by atoms with van der Waals surface area (Å²) in [5.74, 6) is -1.26. The zero-order chi connectivity index (χ0) is 19.3. The summed E-state index contributed by atoms with van der Waals surface area (Å²) >= 11 is 0. The average Bonchev–Trinajstić information content (AvgIpc) is 2.59. The molecule has 6 nitrogen and oxygen atoms in total. The number of nitrogens with one attached hydrogen (secondary N) is 1. The lowest BCUT2D eigenvalue weighted by Gasteiger charge is -2.14. The molecule has 0 unspecified atom stereocenters. The zero-order valence-corrected chi connectivity index (χ0v) is 13.6. The number of ether oxygens (including phenoxy) is 2. The third kappa shape index (κ3) is 4.65. The fourth-order valence-electron chi connectivity index (χ4n) is 2.12. The Bertz CT molecular complexity index is 822. The summed E-state index contributed by atoms with van der Waals surface area (Å²) < 4.78 is 48.9. The van der Waals surface area contributed by atoms with Crippen LogP contribution in [-0.2, 0) is 11.0 Å². The van der Waals surface area contributed by atoms with Crippen LogP contribution in [-0.4, -0.2) is 25.5 Å². The zero-order valence-electron chi connectivity index (χ0n) is 13.6. The van der Waals surface area contributed by atoms with Crippen molar-refractivity contribution in [3.05, 3.63) is 53.6 Å². The van der Waals surface area contributed by atoms with Gasteiger partial charge in [0.15, 0.2) is 6.61 Å². The molecule has 0 aromatic heterocycles. The van der Waals surface area contributed by atoms with Gasteiger partial charge in [0.05, 0.1) is 23.9 Å². The highest BCUT2D eigenvalue weighted by molar-refractivity contribution is 5.96. The SMILES string of the molecule is COc1ccc(OCC(=O)Nc2ccccc2C(F)(F)F)c(C(N)=O)c1. The summed E-state index contributed by atoms with van der Waals surface area (Å²) in [6, 6.07) is 8.74. The quantitative estimate of drug-likeness (QED) is 0.820. The monoisotopic (exact) mass is 368 g/mol. The van der Waals surface area contributed by atoms with Crippen LogP contribution in [0.15, 0.2) is 42.5 Å². The Kier molecular flexibility index (Phi) is 5.71. The number of primary amides is 1. The molecule has 2 rings (SSSR count). The number of para-hydroxylation sites is 1. The molecule has 0 fully saturated rings. The van der Waals surface area contributed by atoms with Crippen molar-refractivity contribution in [3.63, 3.8) is 0 Å². The number of methoxy groups -OCH3 is 1. The Morgan fingerprint density at radius 3 is 2.46 bits per heavy atom. The van der Waals surface area contributed by atoms with Gasteiger partial charge in [-0.1, -0.05) is 12.1 Å². The van der Waals surface area contributed by atoms with Crippen molar-refractivity contribution in [1.82, 2.24) is 0 Å². The molecule has 2 aromatic carbocycles. The Morgan fingerprint density at radius 2 is 1.85 bits per heavy atom. The second-order valence-corrected chi connectivity index (χ2v) is 5.11. The number of carbonyl (C=O) groups excluding carboxylic acids is 2. The minimum absolute atomic E-state index is 0.0116. The van der Waals surface area contributed by atoms with Crippen molar-refractivity contribution < 1.29 is 32.2 Å². The van der Waals surface area contributed by atoms with Gasteiger partial charge in [-0.25, -0.2) is 0 Å². The maximum absolute atomic E-state index is 12.9. The van der Waals surface area contributed by atoms with Crippen molar-refractivity contribution in [1.29, 1.82) is 0 Å². The van der Waals surface area contributed by atoms with Gasteiger partial charge in [0, 0.05) is 0 Å². The highest BCUT2D eigenvalue weighted by atomic mass is 19.4. The topological polar surface area (TPSA) is 90.7 Å². The summed E-state index contributed by atoms with van der Waals surface area (Å²) in [7, 11) is 1.40. The van der Waals surface area contributed by atoms with E-state index in [2.05, 4.69) is 5.32 Å². The second kappa shape index (κ2) is 7.77. The fraction of sp³-hybridized carbons (Fsp3) is 0.176. The predicted octanol–water partition coefficient (Wildman–Crippen LogP) is 2.83. The van der Waals surface area contributed by atoms with Gasteiger partial charge >= 0.3 is 6.18 Å². The van der Waals surface area contributed by atoms with E-state index in [-0.39, 0.29) is 11.3 Å². The smallest absolute Gasteiger partial charge is 0.418 e. The molecule has 0 radical (unpaired) electrons. The van der Waals surface area contributed by atoms with E-state index >= 15 is 0 Å². The number of anilines is 1. The van der Waals surface area contributed by atoms with Crippen LogP contribution < -0.4 is 20.5 Å². The maximum Gasteiger partial charge on any atom is 0.418 e. The van der Waals surface area contributed by atoms with E-state index in [1.807, 2.05) is 0 Å². The van der Waals surface area contributed by atoms with Gasteiger partial charge in [0.2, 0.25) is 0 Å². The molecule has 9 heteroatoms. The second-order valence-electron chi connectivity index (χ2n) is 5.11. The molecule has 0 aliphatic heterocycles. The van der Waals surface area contributed by atoms with Crippen molar-refractivity contribution in [2.24, 2.45) is 5.73 Å². The number of hydrogen-bond donors (Lipinski definition) is 2.